The van der Waals surface area contributed by atoms with Crippen molar-refractivity contribution < 1.29 is 27.5 Å². The number of aryl methyl sites for hydroxylation is 1. The van der Waals surface area contributed by atoms with E-state index in [1.165, 1.54) is 12.1 Å². The van der Waals surface area contributed by atoms with Gasteiger partial charge in [0.25, 0.3) is 0 Å². The Hall–Kier alpha value is -3.55. The van der Waals surface area contributed by atoms with Gasteiger partial charge >= 0.3 is 6.18 Å². The van der Waals surface area contributed by atoms with Gasteiger partial charge in [-0.2, -0.15) is 13.2 Å². The van der Waals surface area contributed by atoms with Crippen LogP contribution in [-0.4, -0.2) is 22.7 Å². The third-order valence-electron chi connectivity index (χ3n) is 4.59. The van der Waals surface area contributed by atoms with Gasteiger partial charge in [0, 0.05) is 13.2 Å². The summed E-state index contributed by atoms with van der Waals surface area (Å²) in [6.45, 7) is 1.74. The molecule has 5 nitrogen and oxygen atoms in total. The van der Waals surface area contributed by atoms with Crippen molar-refractivity contribution in [3.63, 3.8) is 0 Å². The molecule has 0 amide bonds. The first-order chi connectivity index (χ1) is 14.7. The Morgan fingerprint density at radius 2 is 1.71 bits per heavy atom. The Labute approximate surface area is 177 Å². The van der Waals surface area contributed by atoms with Crippen molar-refractivity contribution in [1.29, 1.82) is 0 Å². The molecule has 8 heteroatoms. The lowest BCUT2D eigenvalue weighted by Crippen LogP contribution is -2.14. The van der Waals surface area contributed by atoms with Gasteiger partial charge in [0.2, 0.25) is 5.78 Å². The zero-order valence-electron chi connectivity index (χ0n) is 17.0. The fourth-order valence-electron chi connectivity index (χ4n) is 2.81. The van der Waals surface area contributed by atoms with Gasteiger partial charge in [0.05, 0.1) is 17.0 Å². The lowest BCUT2D eigenvalue weighted by Gasteiger charge is -2.08. The molecular weight excluding hydrogens is 409 g/mol. The van der Waals surface area contributed by atoms with Crippen LogP contribution in [0.4, 0.5) is 13.2 Å². The summed E-state index contributed by atoms with van der Waals surface area (Å²) in [6, 6.07) is 15.3. The van der Waals surface area contributed by atoms with Crippen molar-refractivity contribution in [2.24, 2.45) is 12.2 Å². The summed E-state index contributed by atoms with van der Waals surface area (Å²) in [5.74, 6) is 0.427. The molecule has 0 fully saturated rings. The molecule has 31 heavy (non-hydrogen) atoms. The van der Waals surface area contributed by atoms with E-state index in [-0.39, 0.29) is 19.0 Å². The molecule has 0 spiro atoms. The minimum Gasteiger partial charge on any atom is -0.485 e. The van der Waals surface area contributed by atoms with Crippen molar-refractivity contribution >= 4 is 11.5 Å². The van der Waals surface area contributed by atoms with Crippen LogP contribution < -0.4 is 4.74 Å². The van der Waals surface area contributed by atoms with E-state index in [1.54, 1.807) is 61.1 Å². The molecule has 0 saturated heterocycles. The minimum atomic E-state index is -4.36. The summed E-state index contributed by atoms with van der Waals surface area (Å²) in [5.41, 5.74) is 1.83. The molecule has 0 atom stereocenters. The number of benzene rings is 2. The molecule has 0 N–H and O–H groups in total. The third-order valence-corrected chi connectivity index (χ3v) is 4.59. The van der Waals surface area contributed by atoms with Gasteiger partial charge in [0.15, 0.2) is 6.61 Å². The number of alkyl halides is 3. The van der Waals surface area contributed by atoms with E-state index >= 15 is 0 Å². The number of ether oxygens (including phenoxy) is 1. The van der Waals surface area contributed by atoms with Crippen LogP contribution in [0.2, 0.25) is 0 Å². The topological polar surface area (TPSA) is 52.8 Å². The first kappa shape index (κ1) is 22.1. The molecule has 0 aliphatic heterocycles. The van der Waals surface area contributed by atoms with Crippen LogP contribution in [0.1, 0.15) is 34.1 Å². The molecule has 0 bridgehead atoms. The normalized spacial score (nSPS) is 12.0. The average Bonchev–Trinajstić information content (AvgIpc) is 3.18. The maximum absolute atomic E-state index is 12.6. The van der Waals surface area contributed by atoms with E-state index in [0.29, 0.717) is 22.7 Å². The summed E-state index contributed by atoms with van der Waals surface area (Å²) in [6.07, 6.45) is -2.57. The van der Waals surface area contributed by atoms with Crippen LogP contribution in [0.5, 0.6) is 5.75 Å². The predicted octanol–water partition coefficient (Wildman–Crippen LogP) is 5.25. The van der Waals surface area contributed by atoms with E-state index in [0.717, 1.165) is 17.7 Å². The number of oxime groups is 1. The summed E-state index contributed by atoms with van der Waals surface area (Å²) < 4.78 is 45.0. The SMILES string of the molecule is C/C(=N\OCc1ccc(C(F)(F)F)cc1)c1ccc(OCC(=O)c2cccn2C)cc1. The molecule has 0 aliphatic carbocycles. The zero-order valence-corrected chi connectivity index (χ0v) is 17.0. The average molecular weight is 430 g/mol. The maximum atomic E-state index is 12.6. The summed E-state index contributed by atoms with van der Waals surface area (Å²) in [7, 11) is 1.80. The van der Waals surface area contributed by atoms with E-state index in [4.69, 9.17) is 9.57 Å². The van der Waals surface area contributed by atoms with Gasteiger partial charge < -0.3 is 14.1 Å². The highest BCUT2D eigenvalue weighted by Crippen LogP contribution is 2.29. The molecule has 162 valence electrons. The fraction of sp³-hybridized carbons (Fsp3) is 0.217. The van der Waals surface area contributed by atoms with Crippen LogP contribution in [0.15, 0.2) is 72.0 Å². The van der Waals surface area contributed by atoms with Crippen molar-refractivity contribution in [1.82, 2.24) is 4.57 Å². The van der Waals surface area contributed by atoms with Gasteiger partial charge in [-0.25, -0.2) is 0 Å². The number of hydrogen-bond acceptors (Lipinski definition) is 4. The van der Waals surface area contributed by atoms with Gasteiger partial charge in [-0.15, -0.1) is 0 Å². The molecule has 0 unspecified atom stereocenters. The molecule has 0 aliphatic rings. The molecule has 3 rings (SSSR count). The summed E-state index contributed by atoms with van der Waals surface area (Å²) >= 11 is 0. The standard InChI is InChI=1S/C23H21F3N2O3/c1-16(27-31-14-17-5-9-19(10-6-17)23(24,25)26)18-7-11-20(12-8-18)30-15-22(29)21-4-3-13-28(21)2/h3-13H,14-15H2,1-2H3/b27-16+. The van der Waals surface area contributed by atoms with Crippen molar-refractivity contribution in [2.45, 2.75) is 19.7 Å². The Morgan fingerprint density at radius 1 is 1.03 bits per heavy atom. The number of carbonyl (C=O) groups excluding carboxylic acids is 1. The third kappa shape index (κ3) is 5.97. The van der Waals surface area contributed by atoms with Crippen LogP contribution in [0, 0.1) is 0 Å². The number of carbonyl (C=O) groups is 1. The summed E-state index contributed by atoms with van der Waals surface area (Å²) in [4.78, 5) is 17.4. The first-order valence-corrected chi connectivity index (χ1v) is 9.44. The number of nitrogens with zero attached hydrogens (tertiary/aromatic N) is 2. The van der Waals surface area contributed by atoms with E-state index in [1.807, 2.05) is 0 Å². The van der Waals surface area contributed by atoms with E-state index in [9.17, 15) is 18.0 Å². The molecule has 1 aromatic heterocycles. The number of aromatic nitrogens is 1. The molecule has 0 radical (unpaired) electrons. The number of Topliss-reactive ketones (excluding diaryl/α,β-unsaturated/α-hetero) is 1. The second-order valence-corrected chi connectivity index (χ2v) is 6.89. The largest absolute Gasteiger partial charge is 0.485 e. The fourth-order valence-corrected chi connectivity index (χ4v) is 2.81. The van der Waals surface area contributed by atoms with Crippen LogP contribution in [0.25, 0.3) is 0 Å². The monoisotopic (exact) mass is 430 g/mol. The second kappa shape index (κ2) is 9.51. The lowest BCUT2D eigenvalue weighted by molar-refractivity contribution is -0.137. The highest BCUT2D eigenvalue weighted by atomic mass is 19.4. The first-order valence-electron chi connectivity index (χ1n) is 9.44. The Morgan fingerprint density at radius 3 is 2.29 bits per heavy atom. The predicted molar refractivity (Wildman–Crippen MR) is 110 cm³/mol. The Bertz CT molecular complexity index is 1050. The van der Waals surface area contributed by atoms with Gasteiger partial charge in [-0.3, -0.25) is 4.79 Å². The van der Waals surface area contributed by atoms with Gasteiger partial charge in [-0.05, 0) is 66.6 Å². The smallest absolute Gasteiger partial charge is 0.416 e. The summed E-state index contributed by atoms with van der Waals surface area (Å²) in [5, 5.41) is 4.00. The van der Waals surface area contributed by atoms with Crippen molar-refractivity contribution in [3.05, 3.63) is 89.2 Å². The number of hydrogen-bond donors (Lipinski definition) is 0. The molecule has 2 aromatic carbocycles. The zero-order chi connectivity index (χ0) is 22.4. The minimum absolute atomic E-state index is 0.0535. The van der Waals surface area contributed by atoms with E-state index in [2.05, 4.69) is 5.16 Å². The Balaban J connectivity index is 1.51. The highest BCUT2D eigenvalue weighted by Gasteiger charge is 2.29. The molecule has 0 saturated carbocycles. The van der Waals surface area contributed by atoms with Crippen LogP contribution in [-0.2, 0) is 24.7 Å². The number of rotatable bonds is 8. The maximum Gasteiger partial charge on any atom is 0.416 e. The number of ketones is 1. The van der Waals surface area contributed by atoms with Crippen molar-refractivity contribution in [3.8, 4) is 5.75 Å². The van der Waals surface area contributed by atoms with Crippen molar-refractivity contribution in [2.75, 3.05) is 6.61 Å². The quantitative estimate of drug-likeness (QED) is 0.279. The second-order valence-electron chi connectivity index (χ2n) is 6.89. The molecule has 1 heterocycles. The Kier molecular flexibility index (Phi) is 6.79. The lowest BCUT2D eigenvalue weighted by atomic mass is 10.1. The van der Waals surface area contributed by atoms with Gasteiger partial charge in [-0.1, -0.05) is 17.3 Å². The number of halogens is 3. The van der Waals surface area contributed by atoms with Gasteiger partial charge in [0.1, 0.15) is 12.4 Å². The molecular formula is C23H21F3N2O3. The highest BCUT2D eigenvalue weighted by molar-refractivity contribution is 5.98. The molecule has 3 aromatic rings. The van der Waals surface area contributed by atoms with E-state index < -0.39 is 11.7 Å². The van der Waals surface area contributed by atoms with Crippen LogP contribution in [0.3, 0.4) is 0 Å². The van der Waals surface area contributed by atoms with Crippen LogP contribution >= 0.6 is 0 Å².